The molecule has 0 saturated carbocycles. The van der Waals surface area contributed by atoms with Crippen LogP contribution in [-0.4, -0.2) is 9.55 Å². The van der Waals surface area contributed by atoms with E-state index < -0.39 is 0 Å². The van der Waals surface area contributed by atoms with E-state index in [9.17, 15) is 0 Å². The van der Waals surface area contributed by atoms with Crippen molar-refractivity contribution < 1.29 is 0 Å². The van der Waals surface area contributed by atoms with Crippen molar-refractivity contribution in [2.75, 3.05) is 0 Å². The Labute approximate surface area is 72.2 Å². The highest BCUT2D eigenvalue weighted by atomic mass is 35.5. The summed E-state index contributed by atoms with van der Waals surface area (Å²) in [4.78, 5) is 4.20. The fourth-order valence-electron chi connectivity index (χ4n) is 1.01. The maximum atomic E-state index is 5.68. The van der Waals surface area contributed by atoms with Crippen LogP contribution in [0.5, 0.6) is 0 Å². The lowest BCUT2D eigenvalue weighted by molar-refractivity contribution is 0.704. The van der Waals surface area contributed by atoms with Gasteiger partial charge in [-0.1, -0.05) is 13.3 Å². The molecule has 1 aromatic rings. The highest BCUT2D eigenvalue weighted by molar-refractivity contribution is 6.15. The minimum Gasteiger partial charge on any atom is -0.321 e. The number of halogens is 1. The minimum absolute atomic E-state index is 0.513. The lowest BCUT2D eigenvalue weighted by Gasteiger charge is -2.01. The van der Waals surface area contributed by atoms with Gasteiger partial charge in [-0.2, -0.15) is 0 Å². The first-order valence-electron chi connectivity index (χ1n) is 3.94. The second-order valence-corrected chi connectivity index (χ2v) is 2.78. The van der Waals surface area contributed by atoms with Gasteiger partial charge < -0.3 is 4.57 Å². The average molecular weight is 173 g/mol. The third-order valence-corrected chi connectivity index (χ3v) is 1.94. The largest absolute Gasteiger partial charge is 0.321 e. The van der Waals surface area contributed by atoms with Crippen molar-refractivity contribution in [3.8, 4) is 0 Å². The van der Waals surface area contributed by atoms with Gasteiger partial charge in [-0.25, -0.2) is 4.98 Å². The predicted molar refractivity (Wildman–Crippen MR) is 46.7 cm³/mol. The maximum Gasteiger partial charge on any atom is 0.109 e. The molecule has 1 aromatic heterocycles. The molecule has 0 bridgehead atoms. The van der Waals surface area contributed by atoms with Gasteiger partial charge in [0, 0.05) is 18.8 Å². The molecule has 0 radical (unpaired) electrons. The Bertz CT molecular complexity index is 208. The quantitative estimate of drug-likeness (QED) is 0.638. The van der Waals surface area contributed by atoms with Crippen molar-refractivity contribution in [1.29, 1.82) is 0 Å². The number of unbranched alkanes of at least 4 members (excludes halogenated alkanes) is 1. The number of rotatable bonds is 4. The zero-order valence-electron chi connectivity index (χ0n) is 6.76. The first-order chi connectivity index (χ1) is 5.38. The van der Waals surface area contributed by atoms with E-state index in [4.69, 9.17) is 11.6 Å². The molecule has 62 valence electrons. The number of aromatic nitrogens is 2. The van der Waals surface area contributed by atoms with Crippen LogP contribution < -0.4 is 0 Å². The number of nitrogens with zero attached hydrogens (tertiary/aromatic N) is 2. The van der Waals surface area contributed by atoms with Gasteiger partial charge in [-0.3, -0.25) is 0 Å². The first kappa shape index (κ1) is 8.60. The molecule has 0 spiro atoms. The van der Waals surface area contributed by atoms with Crippen LogP contribution in [0.3, 0.4) is 0 Å². The number of aryl methyl sites for hydroxylation is 1. The second kappa shape index (κ2) is 4.39. The van der Waals surface area contributed by atoms with Crippen LogP contribution in [0.15, 0.2) is 12.4 Å². The number of hydrogen-bond donors (Lipinski definition) is 0. The van der Waals surface area contributed by atoms with E-state index in [0.29, 0.717) is 6.00 Å². The fraction of sp³-hybridized carbons (Fsp3) is 0.625. The molecule has 11 heavy (non-hydrogen) atoms. The molecule has 0 atom stereocenters. The Morgan fingerprint density at radius 1 is 1.64 bits per heavy atom. The Hall–Kier alpha value is -0.500. The molecular formula is C8H13ClN2. The molecule has 0 aromatic carbocycles. The number of alkyl halides is 1. The molecule has 1 rings (SSSR count). The van der Waals surface area contributed by atoms with Gasteiger partial charge in [0.1, 0.15) is 5.82 Å². The van der Waals surface area contributed by atoms with Crippen LogP contribution in [0, 0.1) is 0 Å². The van der Waals surface area contributed by atoms with Crippen LogP contribution in [0.1, 0.15) is 25.6 Å². The Morgan fingerprint density at radius 2 is 2.45 bits per heavy atom. The summed E-state index contributed by atoms with van der Waals surface area (Å²) in [5, 5.41) is 0. The molecule has 0 saturated heterocycles. The topological polar surface area (TPSA) is 17.8 Å². The third-order valence-electron chi connectivity index (χ3n) is 1.68. The van der Waals surface area contributed by atoms with E-state index in [-0.39, 0.29) is 0 Å². The smallest absolute Gasteiger partial charge is 0.109 e. The SMILES string of the molecule is CCCCc1nccn1CCl. The van der Waals surface area contributed by atoms with E-state index in [1.807, 2.05) is 10.8 Å². The van der Waals surface area contributed by atoms with Crippen molar-refractivity contribution in [3.05, 3.63) is 18.2 Å². The molecule has 0 aliphatic heterocycles. The van der Waals surface area contributed by atoms with Gasteiger partial charge in [0.2, 0.25) is 0 Å². The van der Waals surface area contributed by atoms with E-state index in [1.165, 1.54) is 12.8 Å². The monoisotopic (exact) mass is 172 g/mol. The summed E-state index contributed by atoms with van der Waals surface area (Å²) in [5.74, 6) is 1.10. The Kier molecular flexibility index (Phi) is 3.43. The van der Waals surface area contributed by atoms with Gasteiger partial charge in [0.25, 0.3) is 0 Å². The predicted octanol–water partition coefficient (Wildman–Crippen LogP) is 2.42. The zero-order chi connectivity index (χ0) is 8.10. The Morgan fingerprint density at radius 3 is 3.09 bits per heavy atom. The minimum atomic E-state index is 0.513. The van der Waals surface area contributed by atoms with Crippen molar-refractivity contribution in [3.63, 3.8) is 0 Å². The van der Waals surface area contributed by atoms with Gasteiger partial charge in [0.15, 0.2) is 0 Å². The number of imidazole rings is 1. The standard InChI is InChI=1S/C8H13ClN2/c1-2-3-4-8-10-5-6-11(8)7-9/h5-6H,2-4,7H2,1H3. The van der Waals surface area contributed by atoms with Crippen molar-refractivity contribution in [2.24, 2.45) is 0 Å². The van der Waals surface area contributed by atoms with Gasteiger partial charge in [-0.15, -0.1) is 11.6 Å². The van der Waals surface area contributed by atoms with Crippen molar-refractivity contribution >= 4 is 11.6 Å². The molecular weight excluding hydrogens is 160 g/mol. The van der Waals surface area contributed by atoms with Gasteiger partial charge in [-0.05, 0) is 6.42 Å². The van der Waals surface area contributed by atoms with E-state index in [2.05, 4.69) is 11.9 Å². The average Bonchev–Trinajstić information content (AvgIpc) is 2.47. The fourth-order valence-corrected chi connectivity index (χ4v) is 1.23. The molecule has 0 fully saturated rings. The normalized spacial score (nSPS) is 10.4. The highest BCUT2D eigenvalue weighted by Crippen LogP contribution is 2.03. The molecule has 3 heteroatoms. The van der Waals surface area contributed by atoms with E-state index in [1.54, 1.807) is 6.20 Å². The van der Waals surface area contributed by atoms with Gasteiger partial charge >= 0.3 is 0 Å². The van der Waals surface area contributed by atoms with Crippen LogP contribution in [0.2, 0.25) is 0 Å². The second-order valence-electron chi connectivity index (χ2n) is 2.54. The molecule has 0 aliphatic carbocycles. The van der Waals surface area contributed by atoms with Crippen molar-refractivity contribution in [1.82, 2.24) is 9.55 Å². The summed E-state index contributed by atoms with van der Waals surface area (Å²) >= 11 is 5.68. The van der Waals surface area contributed by atoms with Crippen LogP contribution in [0.25, 0.3) is 0 Å². The van der Waals surface area contributed by atoms with Crippen LogP contribution in [0.4, 0.5) is 0 Å². The van der Waals surface area contributed by atoms with E-state index >= 15 is 0 Å². The summed E-state index contributed by atoms with van der Waals surface area (Å²) in [6.45, 7) is 2.17. The number of hydrogen-bond acceptors (Lipinski definition) is 1. The Balaban J connectivity index is 2.54. The zero-order valence-corrected chi connectivity index (χ0v) is 7.51. The highest BCUT2D eigenvalue weighted by Gasteiger charge is 1.98. The summed E-state index contributed by atoms with van der Waals surface area (Å²) in [7, 11) is 0. The maximum absolute atomic E-state index is 5.68. The van der Waals surface area contributed by atoms with Crippen LogP contribution >= 0.6 is 11.6 Å². The molecule has 1 heterocycles. The van der Waals surface area contributed by atoms with Crippen LogP contribution in [-0.2, 0) is 12.4 Å². The summed E-state index contributed by atoms with van der Waals surface area (Å²) in [5.41, 5.74) is 0. The van der Waals surface area contributed by atoms with Crippen molar-refractivity contribution in [2.45, 2.75) is 32.2 Å². The molecule has 0 amide bonds. The summed E-state index contributed by atoms with van der Waals surface area (Å²) < 4.78 is 1.97. The lowest BCUT2D eigenvalue weighted by Crippen LogP contribution is -1.98. The lowest BCUT2D eigenvalue weighted by atomic mass is 10.2. The van der Waals surface area contributed by atoms with Gasteiger partial charge in [0.05, 0.1) is 6.00 Å². The third kappa shape index (κ3) is 2.22. The summed E-state index contributed by atoms with van der Waals surface area (Å²) in [6, 6.07) is 0.513. The van der Waals surface area contributed by atoms with E-state index in [0.717, 1.165) is 12.2 Å². The molecule has 0 aliphatic rings. The summed E-state index contributed by atoms with van der Waals surface area (Å²) in [6.07, 6.45) is 7.14. The first-order valence-corrected chi connectivity index (χ1v) is 4.48. The molecule has 0 unspecified atom stereocenters. The molecule has 0 N–H and O–H groups in total. The molecule has 2 nitrogen and oxygen atoms in total.